The fraction of sp³-hybridized carbons (Fsp3) is 0.538. The first-order valence-electron chi connectivity index (χ1n) is 6.35. The summed E-state index contributed by atoms with van der Waals surface area (Å²) in [5.74, 6) is -0.158. The average Bonchev–Trinajstić information content (AvgIpc) is 2.44. The summed E-state index contributed by atoms with van der Waals surface area (Å²) < 4.78 is 11.8. The number of aliphatic hydroxyl groups is 1. The van der Waals surface area contributed by atoms with Gasteiger partial charge in [-0.2, -0.15) is 0 Å². The maximum atomic E-state index is 11.9. The summed E-state index contributed by atoms with van der Waals surface area (Å²) >= 11 is 0. The maximum Gasteiger partial charge on any atom is 0.226 e. The Morgan fingerprint density at radius 3 is 2.70 bits per heavy atom. The van der Waals surface area contributed by atoms with Gasteiger partial charge >= 0.3 is 0 Å². The topological polar surface area (TPSA) is 70.5 Å². The second-order valence-electron chi connectivity index (χ2n) is 4.79. The van der Waals surface area contributed by atoms with Gasteiger partial charge in [0.15, 0.2) is 7.85 Å². The van der Waals surface area contributed by atoms with E-state index in [-0.39, 0.29) is 17.5 Å². The molecule has 1 heterocycles. The number of hydrogen-bond donors (Lipinski definition) is 1. The van der Waals surface area contributed by atoms with Crippen molar-refractivity contribution >= 4 is 24.6 Å². The lowest BCUT2D eigenvalue weighted by Crippen LogP contribution is -2.49. The molecule has 0 spiro atoms. The van der Waals surface area contributed by atoms with Crippen LogP contribution in [0.2, 0.25) is 0 Å². The van der Waals surface area contributed by atoms with E-state index in [1.54, 1.807) is 26.8 Å². The molecule has 0 aromatic carbocycles. The van der Waals surface area contributed by atoms with E-state index >= 15 is 0 Å². The molecule has 5 nitrogen and oxygen atoms in total. The number of carbonyl (C=O) groups is 1. The number of carbonyl (C=O) groups excluding carboxylic acids is 1. The molecule has 2 atom stereocenters. The molecule has 108 valence electrons. The standard InChI is InChI=1S/C13H19BN2O3S/c1-5-20(19)10-6-7-15-11(8-10)13(14,18)16(4)12(17)9(2)3/h6-9,18H,5H2,1-4H3. The van der Waals surface area contributed by atoms with Gasteiger partial charge in [0.25, 0.3) is 0 Å². The molecule has 1 N–H and O–H groups in total. The largest absolute Gasteiger partial charge is 0.374 e. The van der Waals surface area contributed by atoms with Gasteiger partial charge in [-0.3, -0.25) is 14.0 Å². The van der Waals surface area contributed by atoms with Crippen molar-refractivity contribution in [1.29, 1.82) is 0 Å². The molecule has 0 saturated carbocycles. The summed E-state index contributed by atoms with van der Waals surface area (Å²) in [6, 6.07) is 3.06. The number of amides is 1. The molecule has 1 aromatic heterocycles. The quantitative estimate of drug-likeness (QED) is 0.637. The first-order valence-corrected chi connectivity index (χ1v) is 7.67. The van der Waals surface area contributed by atoms with E-state index in [4.69, 9.17) is 7.85 Å². The molecule has 1 rings (SSSR count). The van der Waals surface area contributed by atoms with Crippen molar-refractivity contribution in [3.63, 3.8) is 0 Å². The average molecular weight is 294 g/mol. The van der Waals surface area contributed by atoms with E-state index in [1.807, 2.05) is 0 Å². The van der Waals surface area contributed by atoms with E-state index in [2.05, 4.69) is 4.98 Å². The van der Waals surface area contributed by atoms with Crippen LogP contribution < -0.4 is 0 Å². The Bertz CT molecular complexity index is 520. The molecule has 1 aromatic rings. The third-order valence-corrected chi connectivity index (χ3v) is 4.27. The van der Waals surface area contributed by atoms with Gasteiger partial charge in [-0.25, -0.2) is 0 Å². The zero-order valence-corrected chi connectivity index (χ0v) is 13.0. The summed E-state index contributed by atoms with van der Waals surface area (Å²) in [4.78, 5) is 17.5. The first-order chi connectivity index (χ1) is 9.21. The number of nitrogens with zero attached hydrogens (tertiary/aromatic N) is 2. The summed E-state index contributed by atoms with van der Waals surface area (Å²) in [5.41, 5.74) is -1.94. The normalized spacial score (nSPS) is 15.7. The van der Waals surface area contributed by atoms with Crippen LogP contribution in [0.1, 0.15) is 26.5 Å². The number of rotatable bonds is 5. The molecule has 7 heteroatoms. The molecule has 2 radical (unpaired) electrons. The van der Waals surface area contributed by atoms with E-state index in [0.29, 0.717) is 10.6 Å². The zero-order valence-electron chi connectivity index (χ0n) is 12.2. The van der Waals surface area contributed by atoms with Gasteiger partial charge in [0.1, 0.15) is 5.62 Å². The highest BCUT2D eigenvalue weighted by molar-refractivity contribution is 7.85. The fourth-order valence-corrected chi connectivity index (χ4v) is 2.44. The van der Waals surface area contributed by atoms with Crippen LogP contribution in [0.5, 0.6) is 0 Å². The molecule has 0 aliphatic carbocycles. The second-order valence-corrected chi connectivity index (χ2v) is 6.53. The molecule has 0 saturated heterocycles. The molecule has 0 bridgehead atoms. The maximum absolute atomic E-state index is 11.9. The van der Waals surface area contributed by atoms with Crippen molar-refractivity contribution in [3.8, 4) is 0 Å². The summed E-state index contributed by atoms with van der Waals surface area (Å²) in [6.07, 6.45) is 1.42. The lowest BCUT2D eigenvalue weighted by Gasteiger charge is -2.35. The molecular formula is C13H19BN2O3S. The van der Waals surface area contributed by atoms with Crippen LogP contribution >= 0.6 is 0 Å². The van der Waals surface area contributed by atoms with Crippen molar-refractivity contribution in [2.75, 3.05) is 12.8 Å². The monoisotopic (exact) mass is 294 g/mol. The lowest BCUT2D eigenvalue weighted by molar-refractivity contribution is -0.147. The second kappa shape index (κ2) is 6.50. The highest BCUT2D eigenvalue weighted by atomic mass is 32.2. The Kier molecular flexibility index (Phi) is 5.47. The lowest BCUT2D eigenvalue weighted by atomic mass is 9.85. The number of aromatic nitrogens is 1. The Morgan fingerprint density at radius 2 is 2.20 bits per heavy atom. The van der Waals surface area contributed by atoms with Crippen LogP contribution in [0.25, 0.3) is 0 Å². The molecule has 2 unspecified atom stereocenters. The van der Waals surface area contributed by atoms with Gasteiger partial charge in [0.05, 0.1) is 16.5 Å². The molecule has 0 aliphatic heterocycles. The van der Waals surface area contributed by atoms with Crippen LogP contribution in [0.15, 0.2) is 23.2 Å². The van der Waals surface area contributed by atoms with Gasteiger partial charge in [-0.1, -0.05) is 20.8 Å². The molecule has 0 aliphatic rings. The fourth-order valence-electron chi connectivity index (χ4n) is 1.65. The minimum Gasteiger partial charge on any atom is -0.374 e. The zero-order chi connectivity index (χ0) is 15.5. The number of hydrogen-bond acceptors (Lipinski definition) is 4. The van der Waals surface area contributed by atoms with Crippen molar-refractivity contribution in [2.45, 2.75) is 31.3 Å². The van der Waals surface area contributed by atoms with Crippen LogP contribution in [0.4, 0.5) is 0 Å². The van der Waals surface area contributed by atoms with Gasteiger partial charge in [0.2, 0.25) is 5.91 Å². The van der Waals surface area contributed by atoms with Crippen LogP contribution in [0.3, 0.4) is 0 Å². The van der Waals surface area contributed by atoms with E-state index < -0.39 is 16.4 Å². The van der Waals surface area contributed by atoms with Crippen molar-refractivity contribution in [2.24, 2.45) is 5.92 Å². The first kappa shape index (κ1) is 16.8. The van der Waals surface area contributed by atoms with Crippen molar-refractivity contribution < 1.29 is 14.1 Å². The predicted molar refractivity (Wildman–Crippen MR) is 78.4 cm³/mol. The smallest absolute Gasteiger partial charge is 0.226 e. The highest BCUT2D eigenvalue weighted by Crippen LogP contribution is 2.22. The third-order valence-electron chi connectivity index (χ3n) is 2.97. The summed E-state index contributed by atoms with van der Waals surface area (Å²) in [6.45, 7) is 5.22. The number of pyridine rings is 1. The van der Waals surface area contributed by atoms with Crippen molar-refractivity contribution in [1.82, 2.24) is 9.88 Å². The Morgan fingerprint density at radius 1 is 1.60 bits per heavy atom. The third kappa shape index (κ3) is 3.46. The molecule has 0 fully saturated rings. The molecule has 1 amide bonds. The molecule has 20 heavy (non-hydrogen) atoms. The highest BCUT2D eigenvalue weighted by Gasteiger charge is 2.33. The minimum atomic E-state index is -2.03. The van der Waals surface area contributed by atoms with Crippen molar-refractivity contribution in [3.05, 3.63) is 24.0 Å². The van der Waals surface area contributed by atoms with Gasteiger partial charge in [0, 0.05) is 29.8 Å². The predicted octanol–water partition coefficient (Wildman–Crippen LogP) is 0.595. The summed E-state index contributed by atoms with van der Waals surface area (Å²) in [5, 5.41) is 10.4. The Hall–Kier alpha value is -1.21. The SMILES string of the molecule is [B]C(O)(c1cc(S(=O)CC)ccn1)N(C)C(=O)C(C)C. The Balaban J connectivity index is 3.15. The minimum absolute atomic E-state index is 0.0910. The van der Waals surface area contributed by atoms with Crippen LogP contribution in [-0.2, 0) is 21.2 Å². The Labute approximate surface area is 123 Å². The van der Waals surface area contributed by atoms with E-state index in [9.17, 15) is 14.1 Å². The molecular weight excluding hydrogens is 275 g/mol. The van der Waals surface area contributed by atoms with Gasteiger partial charge in [-0.15, -0.1) is 0 Å². The van der Waals surface area contributed by atoms with E-state index in [0.717, 1.165) is 4.90 Å². The van der Waals surface area contributed by atoms with Gasteiger partial charge < -0.3 is 10.0 Å². The summed E-state index contributed by atoms with van der Waals surface area (Å²) in [7, 11) is 6.06. The van der Waals surface area contributed by atoms with E-state index in [1.165, 1.54) is 19.3 Å². The van der Waals surface area contributed by atoms with Gasteiger partial charge in [-0.05, 0) is 12.1 Å². The van der Waals surface area contributed by atoms with Crippen LogP contribution in [-0.4, -0.2) is 45.8 Å². The van der Waals surface area contributed by atoms with Crippen LogP contribution in [0, 0.1) is 5.92 Å².